The molecule has 12 heteroatoms. The predicted molar refractivity (Wildman–Crippen MR) is 141 cm³/mol. The molecule has 7 nitrogen and oxygen atoms in total. The number of aromatic nitrogens is 3. The van der Waals surface area contributed by atoms with Crippen molar-refractivity contribution in [2.24, 2.45) is 0 Å². The minimum absolute atomic E-state index is 0.0744. The highest BCUT2D eigenvalue weighted by molar-refractivity contribution is 7.99. The summed E-state index contributed by atoms with van der Waals surface area (Å²) in [7, 11) is 0. The summed E-state index contributed by atoms with van der Waals surface area (Å²) in [6, 6.07) is 9.82. The maximum atomic E-state index is 14.7. The second kappa shape index (κ2) is 12.0. The summed E-state index contributed by atoms with van der Waals surface area (Å²) in [6.07, 6.45) is 0.436. The fraction of sp³-hybridized carbons (Fsp3) is 0.444. The lowest BCUT2D eigenvalue weighted by Gasteiger charge is -2.31. The highest BCUT2D eigenvalue weighted by Crippen LogP contribution is 2.38. The Morgan fingerprint density at radius 1 is 1.05 bits per heavy atom. The lowest BCUT2D eigenvalue weighted by molar-refractivity contribution is -0.137. The fourth-order valence-electron chi connectivity index (χ4n) is 5.08. The number of rotatable bonds is 7. The molecule has 1 amide bonds. The third-order valence-corrected chi connectivity index (χ3v) is 7.94. The number of carbonyl (C=O) groups is 1. The van der Waals surface area contributed by atoms with Crippen molar-refractivity contribution in [1.29, 1.82) is 0 Å². The van der Waals surface area contributed by atoms with Gasteiger partial charge >= 0.3 is 6.18 Å². The van der Waals surface area contributed by atoms with Crippen LogP contribution >= 0.6 is 11.8 Å². The van der Waals surface area contributed by atoms with Gasteiger partial charge in [0.1, 0.15) is 5.82 Å². The molecule has 39 heavy (non-hydrogen) atoms. The second-order valence-electron chi connectivity index (χ2n) is 9.61. The standard InChI is InChI=1S/C27H29F4N5O2S/c28-21-9-5-4-8-20(21)25-33-34-26(36(25)19-6-2-1-3-7-19)39-17-24(37)32-22-16-18(27(29,30)31)10-11-23(22)35-12-14-38-15-13-35/h4-5,8-11,16,19H,1-3,6-7,12-15,17H2,(H,32,37). The zero-order chi connectivity index (χ0) is 27.4. The first-order chi connectivity index (χ1) is 18.8. The number of hydrogen-bond donors (Lipinski definition) is 1. The minimum atomic E-state index is -4.54. The number of amides is 1. The maximum Gasteiger partial charge on any atom is 0.416 e. The Balaban J connectivity index is 1.37. The van der Waals surface area contributed by atoms with Crippen LogP contribution in [0, 0.1) is 5.82 Å². The molecule has 2 aliphatic rings. The predicted octanol–water partition coefficient (Wildman–Crippen LogP) is 6.18. The molecule has 1 aliphatic carbocycles. The second-order valence-corrected chi connectivity index (χ2v) is 10.6. The van der Waals surface area contributed by atoms with Crippen molar-refractivity contribution in [2.75, 3.05) is 42.3 Å². The summed E-state index contributed by atoms with van der Waals surface area (Å²) in [4.78, 5) is 14.9. The van der Waals surface area contributed by atoms with Crippen molar-refractivity contribution in [1.82, 2.24) is 14.8 Å². The SMILES string of the molecule is O=C(CSc1nnc(-c2ccccc2F)n1C1CCCCC1)Nc1cc(C(F)(F)F)ccc1N1CCOCC1. The van der Waals surface area contributed by atoms with E-state index in [0.29, 0.717) is 48.5 Å². The van der Waals surface area contributed by atoms with Crippen molar-refractivity contribution in [2.45, 2.75) is 49.5 Å². The average molecular weight is 564 g/mol. The number of anilines is 2. The van der Waals surface area contributed by atoms with Gasteiger partial charge in [-0.15, -0.1) is 10.2 Å². The molecule has 1 aromatic heterocycles. The Hall–Kier alpha value is -3.12. The van der Waals surface area contributed by atoms with Gasteiger partial charge in [0.2, 0.25) is 5.91 Å². The molecule has 1 aliphatic heterocycles. The van der Waals surface area contributed by atoms with Crippen LogP contribution in [-0.2, 0) is 15.7 Å². The molecule has 0 unspecified atom stereocenters. The van der Waals surface area contributed by atoms with E-state index < -0.39 is 23.5 Å². The third kappa shape index (κ3) is 6.38. The molecule has 0 atom stereocenters. The van der Waals surface area contributed by atoms with Gasteiger partial charge in [-0.1, -0.05) is 43.2 Å². The summed E-state index contributed by atoms with van der Waals surface area (Å²) >= 11 is 1.14. The van der Waals surface area contributed by atoms with Crippen LogP contribution in [-0.4, -0.2) is 52.7 Å². The number of halogens is 4. The van der Waals surface area contributed by atoms with Crippen molar-refractivity contribution in [3.63, 3.8) is 0 Å². The van der Waals surface area contributed by atoms with Gasteiger partial charge in [0.05, 0.1) is 41.5 Å². The molecule has 2 aromatic carbocycles. The van der Waals surface area contributed by atoms with Gasteiger partial charge in [-0.2, -0.15) is 13.2 Å². The Kier molecular flexibility index (Phi) is 8.41. The van der Waals surface area contributed by atoms with Crippen molar-refractivity contribution in [3.8, 4) is 11.4 Å². The van der Waals surface area contributed by atoms with Gasteiger partial charge in [-0.05, 0) is 43.2 Å². The number of hydrogen-bond acceptors (Lipinski definition) is 6. The van der Waals surface area contributed by atoms with Crippen LogP contribution in [0.4, 0.5) is 28.9 Å². The van der Waals surface area contributed by atoms with E-state index in [-0.39, 0.29) is 17.5 Å². The molecule has 0 spiro atoms. The Morgan fingerprint density at radius 2 is 1.79 bits per heavy atom. The molecule has 1 N–H and O–H groups in total. The molecule has 2 heterocycles. The molecule has 1 saturated heterocycles. The zero-order valence-electron chi connectivity index (χ0n) is 21.2. The smallest absolute Gasteiger partial charge is 0.378 e. The summed E-state index contributed by atoms with van der Waals surface area (Å²) in [5, 5.41) is 11.7. The zero-order valence-corrected chi connectivity index (χ0v) is 22.0. The largest absolute Gasteiger partial charge is 0.416 e. The Morgan fingerprint density at radius 3 is 2.51 bits per heavy atom. The van der Waals surface area contributed by atoms with Gasteiger partial charge in [-0.25, -0.2) is 4.39 Å². The number of morpholine rings is 1. The van der Waals surface area contributed by atoms with E-state index in [1.807, 2.05) is 9.47 Å². The van der Waals surface area contributed by atoms with Crippen LogP contribution in [0.15, 0.2) is 47.6 Å². The van der Waals surface area contributed by atoms with E-state index in [0.717, 1.165) is 56.0 Å². The number of nitrogens with one attached hydrogen (secondary N) is 1. The van der Waals surface area contributed by atoms with E-state index in [4.69, 9.17) is 4.74 Å². The minimum Gasteiger partial charge on any atom is -0.378 e. The third-order valence-electron chi connectivity index (χ3n) is 7.00. The molecular formula is C27H29F4N5O2S. The molecule has 1 saturated carbocycles. The van der Waals surface area contributed by atoms with Crippen LogP contribution in [0.1, 0.15) is 43.7 Å². The molecule has 3 aromatic rings. The molecule has 5 rings (SSSR count). The fourth-order valence-corrected chi connectivity index (χ4v) is 5.88. The van der Waals surface area contributed by atoms with E-state index in [9.17, 15) is 22.4 Å². The van der Waals surface area contributed by atoms with Crippen LogP contribution in [0.2, 0.25) is 0 Å². The number of benzene rings is 2. The summed E-state index contributed by atoms with van der Waals surface area (Å²) in [5.41, 5.74) is 0.106. The number of alkyl halides is 3. The normalized spacial score (nSPS) is 16.9. The first-order valence-electron chi connectivity index (χ1n) is 13.0. The lowest BCUT2D eigenvalue weighted by Crippen LogP contribution is -2.37. The molecule has 208 valence electrons. The first kappa shape index (κ1) is 27.4. The summed E-state index contributed by atoms with van der Waals surface area (Å²) < 4.78 is 62.3. The number of thioether (sulfide) groups is 1. The number of nitrogens with zero attached hydrogens (tertiary/aromatic N) is 4. The van der Waals surface area contributed by atoms with Crippen LogP contribution in [0.3, 0.4) is 0 Å². The van der Waals surface area contributed by atoms with E-state index in [1.165, 1.54) is 12.1 Å². The van der Waals surface area contributed by atoms with Crippen LogP contribution < -0.4 is 10.2 Å². The topological polar surface area (TPSA) is 72.3 Å². The molecule has 0 bridgehead atoms. The molecular weight excluding hydrogens is 534 g/mol. The molecule has 2 fully saturated rings. The van der Waals surface area contributed by atoms with Gasteiger partial charge in [0.25, 0.3) is 0 Å². The van der Waals surface area contributed by atoms with Crippen molar-refractivity contribution < 1.29 is 27.1 Å². The van der Waals surface area contributed by atoms with Crippen molar-refractivity contribution in [3.05, 3.63) is 53.8 Å². The monoisotopic (exact) mass is 563 g/mol. The van der Waals surface area contributed by atoms with Crippen LogP contribution in [0.25, 0.3) is 11.4 Å². The van der Waals surface area contributed by atoms with E-state index in [1.54, 1.807) is 18.2 Å². The van der Waals surface area contributed by atoms with Gasteiger partial charge < -0.3 is 15.0 Å². The van der Waals surface area contributed by atoms with E-state index in [2.05, 4.69) is 15.5 Å². The van der Waals surface area contributed by atoms with Gasteiger partial charge in [0, 0.05) is 19.1 Å². The quantitative estimate of drug-likeness (QED) is 0.274. The van der Waals surface area contributed by atoms with Crippen molar-refractivity contribution >= 4 is 29.0 Å². The lowest BCUT2D eigenvalue weighted by atomic mass is 9.95. The highest BCUT2D eigenvalue weighted by atomic mass is 32.2. The van der Waals surface area contributed by atoms with Crippen LogP contribution in [0.5, 0.6) is 0 Å². The summed E-state index contributed by atoms with van der Waals surface area (Å²) in [5.74, 6) is -0.563. The number of ether oxygens (including phenoxy) is 1. The highest BCUT2D eigenvalue weighted by Gasteiger charge is 2.32. The van der Waals surface area contributed by atoms with Gasteiger partial charge in [-0.3, -0.25) is 9.36 Å². The van der Waals surface area contributed by atoms with E-state index >= 15 is 0 Å². The molecule has 0 radical (unpaired) electrons. The summed E-state index contributed by atoms with van der Waals surface area (Å²) in [6.45, 7) is 1.91. The maximum absolute atomic E-state index is 14.7. The number of carbonyl (C=O) groups excluding carboxylic acids is 1. The average Bonchev–Trinajstić information content (AvgIpc) is 3.36. The Labute approximate surface area is 227 Å². The first-order valence-corrected chi connectivity index (χ1v) is 14.0. The Bertz CT molecular complexity index is 1300. The van der Waals surface area contributed by atoms with Gasteiger partial charge in [0.15, 0.2) is 11.0 Å².